The number of halogens is 1. The summed E-state index contributed by atoms with van der Waals surface area (Å²) in [6.45, 7) is 1.80. The molecule has 2 aliphatic heterocycles. The van der Waals surface area contributed by atoms with Crippen LogP contribution in [0.25, 0.3) is 0 Å². The summed E-state index contributed by atoms with van der Waals surface area (Å²) in [7, 11) is -3.46. The minimum atomic E-state index is -3.46. The van der Waals surface area contributed by atoms with Crippen LogP contribution in [0.2, 0.25) is 0 Å². The maximum absolute atomic E-state index is 13.5. The topological polar surface area (TPSA) is 57.7 Å². The maximum atomic E-state index is 13.5. The van der Waals surface area contributed by atoms with Crippen molar-refractivity contribution in [3.8, 4) is 0 Å². The molecule has 158 valence electrons. The molecule has 30 heavy (non-hydrogen) atoms. The summed E-state index contributed by atoms with van der Waals surface area (Å²) in [4.78, 5) is 15.7. The van der Waals surface area contributed by atoms with E-state index >= 15 is 0 Å². The van der Waals surface area contributed by atoms with Crippen LogP contribution in [0.4, 0.5) is 5.69 Å². The summed E-state index contributed by atoms with van der Waals surface area (Å²) in [5.74, 6) is 0.134. The number of amides is 1. The Bertz CT molecular complexity index is 1090. The Balaban J connectivity index is 1.41. The van der Waals surface area contributed by atoms with Crippen LogP contribution in [0.3, 0.4) is 0 Å². The Morgan fingerprint density at radius 1 is 0.933 bits per heavy atom. The smallest absolute Gasteiger partial charge is 0.243 e. The number of anilines is 1. The molecule has 2 heterocycles. The minimum absolute atomic E-state index is 0.134. The zero-order valence-electron chi connectivity index (χ0n) is 16.8. The Morgan fingerprint density at radius 2 is 1.63 bits per heavy atom. The van der Waals surface area contributed by atoms with Crippen molar-refractivity contribution in [2.45, 2.75) is 48.8 Å². The van der Waals surface area contributed by atoms with Gasteiger partial charge in [-0.2, -0.15) is 4.31 Å². The average Bonchev–Trinajstić information content (AvgIpc) is 3.47. The van der Waals surface area contributed by atoms with Crippen molar-refractivity contribution >= 4 is 37.5 Å². The molecule has 0 radical (unpaired) electrons. The summed E-state index contributed by atoms with van der Waals surface area (Å²) in [5.41, 5.74) is 2.45. The first-order chi connectivity index (χ1) is 14.4. The fourth-order valence-electron chi connectivity index (χ4n) is 4.78. The molecule has 0 bridgehead atoms. The lowest BCUT2D eigenvalue weighted by molar-refractivity contribution is -0.120. The van der Waals surface area contributed by atoms with Gasteiger partial charge in [0, 0.05) is 29.8 Å². The zero-order valence-corrected chi connectivity index (χ0v) is 19.2. The van der Waals surface area contributed by atoms with E-state index in [-0.39, 0.29) is 5.91 Å². The maximum Gasteiger partial charge on any atom is 0.243 e. The van der Waals surface area contributed by atoms with Gasteiger partial charge in [0.2, 0.25) is 15.9 Å². The highest BCUT2D eigenvalue weighted by Crippen LogP contribution is 2.51. The number of hydrogen-bond acceptors (Lipinski definition) is 3. The zero-order chi connectivity index (χ0) is 20.9. The van der Waals surface area contributed by atoms with Crippen LogP contribution in [0.15, 0.2) is 51.8 Å². The molecule has 1 saturated heterocycles. The number of benzene rings is 2. The average molecular weight is 489 g/mol. The summed E-state index contributed by atoms with van der Waals surface area (Å²) in [6, 6.07) is 13.3. The van der Waals surface area contributed by atoms with Crippen LogP contribution in [0.1, 0.15) is 43.2 Å². The fraction of sp³-hybridized carbons (Fsp3) is 0.435. The lowest BCUT2D eigenvalue weighted by Gasteiger charge is -2.26. The van der Waals surface area contributed by atoms with E-state index < -0.39 is 15.4 Å². The molecule has 2 aromatic rings. The van der Waals surface area contributed by atoms with Gasteiger partial charge in [0.1, 0.15) is 0 Å². The van der Waals surface area contributed by atoms with Gasteiger partial charge in [-0.3, -0.25) is 4.79 Å². The lowest BCUT2D eigenvalue weighted by Crippen LogP contribution is -2.38. The van der Waals surface area contributed by atoms with E-state index in [4.69, 9.17) is 0 Å². The van der Waals surface area contributed by atoms with Gasteiger partial charge >= 0.3 is 0 Å². The second-order valence-electron chi connectivity index (χ2n) is 8.55. The first kappa shape index (κ1) is 20.2. The molecule has 5 rings (SSSR count). The van der Waals surface area contributed by atoms with E-state index in [1.807, 2.05) is 35.2 Å². The number of fused-ring (bicyclic) bond motifs is 1. The fourth-order valence-corrected chi connectivity index (χ4v) is 6.61. The third-order valence-corrected chi connectivity index (χ3v) is 9.12. The van der Waals surface area contributed by atoms with Crippen molar-refractivity contribution in [2.24, 2.45) is 0 Å². The van der Waals surface area contributed by atoms with Crippen molar-refractivity contribution in [2.75, 3.05) is 24.5 Å². The predicted molar refractivity (Wildman–Crippen MR) is 120 cm³/mol. The van der Waals surface area contributed by atoms with Crippen molar-refractivity contribution in [3.05, 3.63) is 58.1 Å². The number of sulfonamides is 1. The van der Waals surface area contributed by atoms with Gasteiger partial charge in [-0.15, -0.1) is 0 Å². The molecule has 0 unspecified atom stereocenters. The van der Waals surface area contributed by atoms with Gasteiger partial charge in [-0.05, 0) is 73.6 Å². The van der Waals surface area contributed by atoms with E-state index in [1.165, 1.54) is 0 Å². The van der Waals surface area contributed by atoms with Crippen LogP contribution in [0, 0.1) is 0 Å². The quantitative estimate of drug-likeness (QED) is 0.646. The van der Waals surface area contributed by atoms with Crippen LogP contribution >= 0.6 is 15.9 Å². The molecule has 0 N–H and O–H groups in total. The standard InChI is InChI=1S/C23H25BrN2O3S/c24-19-6-4-18(5-7-19)23(11-12-23)22(27)26-15-10-17-16-20(8-9-21(17)26)30(28,29)25-13-2-1-3-14-25/h4-9,16H,1-3,10-15H2. The molecule has 2 fully saturated rings. The van der Waals surface area contributed by atoms with E-state index in [9.17, 15) is 13.2 Å². The summed E-state index contributed by atoms with van der Waals surface area (Å²) < 4.78 is 28.7. The molecule has 0 aromatic heterocycles. The van der Waals surface area contributed by atoms with Crippen LogP contribution in [-0.4, -0.2) is 38.3 Å². The van der Waals surface area contributed by atoms with Crippen molar-refractivity contribution in [1.82, 2.24) is 4.31 Å². The SMILES string of the molecule is O=C(N1CCc2cc(S(=O)(=O)N3CCCCC3)ccc21)C1(c2ccc(Br)cc2)CC1. The highest BCUT2D eigenvalue weighted by atomic mass is 79.9. The van der Waals surface area contributed by atoms with Crippen LogP contribution < -0.4 is 4.90 Å². The molecule has 2 aromatic carbocycles. The van der Waals surface area contributed by atoms with Gasteiger partial charge in [0.15, 0.2) is 0 Å². The van der Waals surface area contributed by atoms with Crippen molar-refractivity contribution in [1.29, 1.82) is 0 Å². The third-order valence-electron chi connectivity index (χ3n) is 6.70. The molecule has 1 aliphatic carbocycles. The second-order valence-corrected chi connectivity index (χ2v) is 11.4. The minimum Gasteiger partial charge on any atom is -0.311 e. The number of rotatable bonds is 4. The Hall–Kier alpha value is -1.70. The second kappa shape index (κ2) is 7.46. The number of carbonyl (C=O) groups excluding carboxylic acids is 1. The highest BCUT2D eigenvalue weighted by Gasteiger charge is 2.53. The van der Waals surface area contributed by atoms with Crippen molar-refractivity contribution < 1.29 is 13.2 Å². The molecule has 1 saturated carbocycles. The van der Waals surface area contributed by atoms with Gasteiger partial charge in [0.25, 0.3) is 0 Å². The number of carbonyl (C=O) groups is 1. The first-order valence-electron chi connectivity index (χ1n) is 10.6. The summed E-state index contributed by atoms with van der Waals surface area (Å²) in [5, 5.41) is 0. The van der Waals surface area contributed by atoms with Gasteiger partial charge in [0.05, 0.1) is 10.3 Å². The van der Waals surface area contributed by atoms with E-state index in [0.717, 1.165) is 53.4 Å². The monoisotopic (exact) mass is 488 g/mol. The highest BCUT2D eigenvalue weighted by molar-refractivity contribution is 9.10. The van der Waals surface area contributed by atoms with E-state index in [2.05, 4.69) is 15.9 Å². The van der Waals surface area contributed by atoms with E-state index in [0.29, 0.717) is 31.0 Å². The summed E-state index contributed by atoms with van der Waals surface area (Å²) >= 11 is 3.46. The van der Waals surface area contributed by atoms with Crippen LogP contribution in [0.5, 0.6) is 0 Å². The Kier molecular flexibility index (Phi) is 5.03. The van der Waals surface area contributed by atoms with Gasteiger partial charge in [-0.25, -0.2) is 8.42 Å². The largest absolute Gasteiger partial charge is 0.311 e. The van der Waals surface area contributed by atoms with Crippen molar-refractivity contribution in [3.63, 3.8) is 0 Å². The van der Waals surface area contributed by atoms with Gasteiger partial charge < -0.3 is 4.90 Å². The molecule has 0 atom stereocenters. The normalized spacial score (nSPS) is 20.8. The van der Waals surface area contributed by atoms with Crippen LogP contribution in [-0.2, 0) is 26.7 Å². The molecule has 1 amide bonds. The van der Waals surface area contributed by atoms with Gasteiger partial charge in [-0.1, -0.05) is 34.5 Å². The Morgan fingerprint density at radius 3 is 2.30 bits per heavy atom. The summed E-state index contributed by atoms with van der Waals surface area (Å²) in [6.07, 6.45) is 5.35. The number of nitrogens with zero attached hydrogens (tertiary/aromatic N) is 2. The lowest BCUT2D eigenvalue weighted by atomic mass is 9.94. The predicted octanol–water partition coefficient (Wildman–Crippen LogP) is 4.24. The number of hydrogen-bond donors (Lipinski definition) is 0. The molecule has 5 nitrogen and oxygen atoms in total. The molecule has 0 spiro atoms. The number of piperidine rings is 1. The van der Waals surface area contributed by atoms with E-state index in [1.54, 1.807) is 16.4 Å². The molecular formula is C23H25BrN2O3S. The Labute approximate surface area is 186 Å². The first-order valence-corrected chi connectivity index (χ1v) is 12.9. The molecule has 7 heteroatoms. The molecule has 3 aliphatic rings. The molecular weight excluding hydrogens is 464 g/mol. The third kappa shape index (κ3) is 3.31.